The van der Waals surface area contributed by atoms with E-state index < -0.39 is 0 Å². The van der Waals surface area contributed by atoms with E-state index in [4.69, 9.17) is 0 Å². The molecule has 20 heavy (non-hydrogen) atoms. The molecule has 114 valence electrons. The van der Waals surface area contributed by atoms with Crippen molar-refractivity contribution in [2.24, 2.45) is 5.92 Å². The summed E-state index contributed by atoms with van der Waals surface area (Å²) in [7, 11) is 0. The first-order valence-electron chi connectivity index (χ1n) is 7.23. The van der Waals surface area contributed by atoms with E-state index in [9.17, 15) is 9.59 Å². The average molecular weight is 303 g/mol. The summed E-state index contributed by atoms with van der Waals surface area (Å²) in [6, 6.07) is 0.432. The quantitative estimate of drug-likeness (QED) is 0.703. The Morgan fingerprint density at radius 3 is 2.25 bits per heavy atom. The first kappa shape index (κ1) is 15.5. The van der Waals surface area contributed by atoms with Crippen molar-refractivity contribution in [2.75, 3.05) is 45.8 Å². The molecule has 1 aliphatic carbocycles. The van der Waals surface area contributed by atoms with Gasteiger partial charge in [-0.1, -0.05) is 0 Å². The maximum atomic E-state index is 12.1. The van der Waals surface area contributed by atoms with Crippen LogP contribution in [0.1, 0.15) is 12.8 Å². The van der Waals surface area contributed by atoms with Crippen LogP contribution in [-0.2, 0) is 9.59 Å². The minimum atomic E-state index is 0. The van der Waals surface area contributed by atoms with Gasteiger partial charge < -0.3 is 15.5 Å². The number of hydrogen-bond donors (Lipinski definition) is 2. The highest BCUT2D eigenvalue weighted by molar-refractivity contribution is 5.85. The van der Waals surface area contributed by atoms with Crippen molar-refractivity contribution in [3.8, 4) is 0 Å². The van der Waals surface area contributed by atoms with Gasteiger partial charge in [-0.3, -0.25) is 14.5 Å². The van der Waals surface area contributed by atoms with Gasteiger partial charge in [-0.2, -0.15) is 0 Å². The maximum Gasteiger partial charge on any atom is 0.234 e. The van der Waals surface area contributed by atoms with Crippen LogP contribution >= 0.6 is 12.4 Å². The van der Waals surface area contributed by atoms with Crippen molar-refractivity contribution >= 4 is 24.2 Å². The zero-order chi connectivity index (χ0) is 13.2. The Bertz CT molecular complexity index is 363. The summed E-state index contributed by atoms with van der Waals surface area (Å²) in [5, 5.41) is 6.13. The van der Waals surface area contributed by atoms with Crippen molar-refractivity contribution in [1.82, 2.24) is 20.4 Å². The zero-order valence-electron chi connectivity index (χ0n) is 11.6. The van der Waals surface area contributed by atoms with E-state index in [1.807, 2.05) is 4.90 Å². The number of carbonyl (C=O) groups is 2. The van der Waals surface area contributed by atoms with Crippen molar-refractivity contribution in [1.29, 1.82) is 0 Å². The summed E-state index contributed by atoms with van der Waals surface area (Å²) in [6.45, 7) is 5.25. The molecule has 0 bridgehead atoms. The molecule has 0 aromatic carbocycles. The molecule has 1 saturated carbocycles. The first-order chi connectivity index (χ1) is 9.22. The molecule has 7 heteroatoms. The molecule has 3 aliphatic rings. The molecule has 3 rings (SSSR count). The molecule has 0 unspecified atom stereocenters. The highest BCUT2D eigenvalue weighted by atomic mass is 35.5. The van der Waals surface area contributed by atoms with Gasteiger partial charge in [0.2, 0.25) is 11.8 Å². The van der Waals surface area contributed by atoms with Crippen molar-refractivity contribution < 1.29 is 9.59 Å². The molecule has 0 aromatic rings. The monoisotopic (exact) mass is 302 g/mol. The van der Waals surface area contributed by atoms with Crippen LogP contribution in [0.4, 0.5) is 0 Å². The fraction of sp³-hybridized carbons (Fsp3) is 0.846. The lowest BCUT2D eigenvalue weighted by molar-refractivity contribution is -0.139. The smallest absolute Gasteiger partial charge is 0.234 e. The number of carbonyl (C=O) groups excluding carboxylic acids is 2. The second-order valence-corrected chi connectivity index (χ2v) is 5.80. The van der Waals surface area contributed by atoms with Gasteiger partial charge in [0.15, 0.2) is 0 Å². The van der Waals surface area contributed by atoms with Crippen LogP contribution < -0.4 is 10.6 Å². The van der Waals surface area contributed by atoms with Crippen LogP contribution in [0.3, 0.4) is 0 Å². The lowest BCUT2D eigenvalue weighted by Crippen LogP contribution is -2.57. The molecular formula is C13H23ClN4O2. The summed E-state index contributed by atoms with van der Waals surface area (Å²) < 4.78 is 0. The second kappa shape index (κ2) is 6.74. The molecule has 2 amide bonds. The van der Waals surface area contributed by atoms with Crippen LogP contribution in [0, 0.1) is 5.92 Å². The van der Waals surface area contributed by atoms with Gasteiger partial charge in [0.05, 0.1) is 12.5 Å². The van der Waals surface area contributed by atoms with Gasteiger partial charge in [-0.25, -0.2) is 0 Å². The third-order valence-corrected chi connectivity index (χ3v) is 4.12. The summed E-state index contributed by atoms with van der Waals surface area (Å²) in [4.78, 5) is 27.8. The summed E-state index contributed by atoms with van der Waals surface area (Å²) in [5.41, 5.74) is 0. The Morgan fingerprint density at radius 1 is 1.10 bits per heavy atom. The lowest BCUT2D eigenvalue weighted by Gasteiger charge is -2.38. The Hall–Kier alpha value is -0.850. The third-order valence-electron chi connectivity index (χ3n) is 4.12. The van der Waals surface area contributed by atoms with Gasteiger partial charge in [-0.15, -0.1) is 12.4 Å². The molecule has 2 N–H and O–H groups in total. The fourth-order valence-corrected chi connectivity index (χ4v) is 2.55. The number of hydrogen-bond acceptors (Lipinski definition) is 4. The first-order valence-corrected chi connectivity index (χ1v) is 7.23. The molecule has 0 aromatic heterocycles. The highest BCUT2D eigenvalue weighted by Gasteiger charge is 2.31. The number of halogens is 1. The minimum absolute atomic E-state index is 0. The Labute approximate surface area is 125 Å². The standard InChI is InChI=1S/C13H22N4O2.ClH/c18-12(15-11-1-2-11)9-16-3-5-17(6-4-16)13(19)10-7-14-8-10;/h10-11,14H,1-9H2,(H,15,18);1H. The molecule has 2 aliphatic heterocycles. The fourth-order valence-electron chi connectivity index (χ4n) is 2.55. The maximum absolute atomic E-state index is 12.1. The number of nitrogens with zero attached hydrogens (tertiary/aromatic N) is 2. The van der Waals surface area contributed by atoms with E-state index >= 15 is 0 Å². The van der Waals surface area contributed by atoms with Crippen molar-refractivity contribution in [3.63, 3.8) is 0 Å². The van der Waals surface area contributed by atoms with Gasteiger partial charge in [0, 0.05) is 45.3 Å². The van der Waals surface area contributed by atoms with Crippen LogP contribution in [0.2, 0.25) is 0 Å². The largest absolute Gasteiger partial charge is 0.352 e. The molecule has 0 spiro atoms. The van der Waals surface area contributed by atoms with Crippen LogP contribution in [-0.4, -0.2) is 73.5 Å². The zero-order valence-corrected chi connectivity index (χ0v) is 12.5. The third kappa shape index (κ3) is 3.84. The van der Waals surface area contributed by atoms with E-state index in [2.05, 4.69) is 15.5 Å². The molecule has 6 nitrogen and oxygen atoms in total. The van der Waals surface area contributed by atoms with Crippen LogP contribution in [0.15, 0.2) is 0 Å². The molecular weight excluding hydrogens is 280 g/mol. The highest BCUT2D eigenvalue weighted by Crippen LogP contribution is 2.18. The minimum Gasteiger partial charge on any atom is -0.352 e. The van der Waals surface area contributed by atoms with E-state index in [1.54, 1.807) is 0 Å². The number of amides is 2. The Kier molecular flexibility index (Phi) is 5.23. The van der Waals surface area contributed by atoms with E-state index in [-0.39, 0.29) is 30.1 Å². The molecule has 0 radical (unpaired) electrons. The number of nitrogens with one attached hydrogen (secondary N) is 2. The average Bonchev–Trinajstić information content (AvgIpc) is 3.11. The van der Waals surface area contributed by atoms with E-state index in [0.29, 0.717) is 12.6 Å². The topological polar surface area (TPSA) is 64.7 Å². The van der Waals surface area contributed by atoms with Gasteiger partial charge in [-0.05, 0) is 12.8 Å². The lowest BCUT2D eigenvalue weighted by atomic mass is 10.0. The SMILES string of the molecule is Cl.O=C(CN1CCN(C(=O)C2CNC2)CC1)NC1CC1. The van der Waals surface area contributed by atoms with Crippen molar-refractivity contribution in [3.05, 3.63) is 0 Å². The molecule has 2 heterocycles. The molecule has 3 fully saturated rings. The normalized spacial score (nSPS) is 23.7. The molecule has 0 atom stereocenters. The summed E-state index contributed by atoms with van der Waals surface area (Å²) >= 11 is 0. The van der Waals surface area contributed by atoms with Crippen LogP contribution in [0.25, 0.3) is 0 Å². The summed E-state index contributed by atoms with van der Waals surface area (Å²) in [5.74, 6) is 0.594. The van der Waals surface area contributed by atoms with Gasteiger partial charge in [0.25, 0.3) is 0 Å². The number of rotatable bonds is 4. The number of piperazine rings is 1. The van der Waals surface area contributed by atoms with Crippen molar-refractivity contribution in [2.45, 2.75) is 18.9 Å². The summed E-state index contributed by atoms with van der Waals surface area (Å²) in [6.07, 6.45) is 2.26. The Morgan fingerprint density at radius 2 is 1.75 bits per heavy atom. The second-order valence-electron chi connectivity index (χ2n) is 5.80. The van der Waals surface area contributed by atoms with E-state index in [0.717, 1.165) is 52.1 Å². The predicted octanol–water partition coefficient (Wildman–Crippen LogP) is -0.950. The van der Waals surface area contributed by atoms with Gasteiger partial charge >= 0.3 is 0 Å². The van der Waals surface area contributed by atoms with E-state index in [1.165, 1.54) is 0 Å². The van der Waals surface area contributed by atoms with Gasteiger partial charge in [0.1, 0.15) is 0 Å². The Balaban J connectivity index is 0.00000147. The van der Waals surface area contributed by atoms with Crippen LogP contribution in [0.5, 0.6) is 0 Å². The molecule has 2 saturated heterocycles. The predicted molar refractivity (Wildman–Crippen MR) is 77.8 cm³/mol.